The number of rotatable bonds is 8. The zero-order valence-electron chi connectivity index (χ0n) is 22.3. The fourth-order valence-corrected chi connectivity index (χ4v) is 5.72. The van der Waals surface area contributed by atoms with Crippen LogP contribution in [0.1, 0.15) is 32.1 Å². The van der Waals surface area contributed by atoms with E-state index in [0.29, 0.717) is 6.04 Å². The lowest BCUT2D eigenvalue weighted by Gasteiger charge is -2.37. The van der Waals surface area contributed by atoms with Crippen LogP contribution in [0.3, 0.4) is 0 Å². The summed E-state index contributed by atoms with van der Waals surface area (Å²) < 4.78 is 0. The highest BCUT2D eigenvalue weighted by Gasteiger charge is 2.25. The third-order valence-corrected chi connectivity index (χ3v) is 7.50. The summed E-state index contributed by atoms with van der Waals surface area (Å²) in [5, 5.41) is 3.70. The summed E-state index contributed by atoms with van der Waals surface area (Å²) in [5.74, 6) is 0. The molecule has 3 heteroatoms. The topological polar surface area (TPSA) is 18.5 Å². The minimum atomic E-state index is 0.475. The first kappa shape index (κ1) is 24.8. The van der Waals surface area contributed by atoms with Gasteiger partial charge in [-0.2, -0.15) is 0 Å². The van der Waals surface area contributed by atoms with E-state index >= 15 is 0 Å². The summed E-state index contributed by atoms with van der Waals surface area (Å²) in [5.41, 5.74) is 8.00. The van der Waals surface area contributed by atoms with Crippen molar-refractivity contribution in [2.24, 2.45) is 0 Å². The highest BCUT2D eigenvalue weighted by molar-refractivity contribution is 5.83. The third kappa shape index (κ3) is 5.83. The number of anilines is 7. The van der Waals surface area contributed by atoms with E-state index in [2.05, 4.69) is 155 Å². The average Bonchev–Trinajstić information content (AvgIpc) is 3.00. The summed E-state index contributed by atoms with van der Waals surface area (Å²) in [7, 11) is 0. The minimum Gasteiger partial charge on any atom is -0.355 e. The van der Waals surface area contributed by atoms with Crippen molar-refractivity contribution in [1.29, 1.82) is 0 Å². The zero-order valence-corrected chi connectivity index (χ0v) is 22.3. The van der Waals surface area contributed by atoms with Gasteiger partial charge < -0.3 is 15.1 Å². The third-order valence-electron chi connectivity index (χ3n) is 7.50. The molecule has 5 aromatic rings. The van der Waals surface area contributed by atoms with Gasteiger partial charge in [0.25, 0.3) is 0 Å². The SMILES string of the molecule is c1ccc(Nc2cc(N(c3ccccc3)c3ccccc3)cc(N(c3ccccc3)C3CCCCC3)c2)cc1. The molecule has 3 nitrogen and oxygen atoms in total. The second kappa shape index (κ2) is 11.9. The fraction of sp³-hybridized carbons (Fsp3) is 0.167. The van der Waals surface area contributed by atoms with Crippen molar-refractivity contribution >= 4 is 39.8 Å². The van der Waals surface area contributed by atoms with Crippen molar-refractivity contribution in [2.45, 2.75) is 38.1 Å². The van der Waals surface area contributed by atoms with Gasteiger partial charge in [-0.25, -0.2) is 0 Å². The van der Waals surface area contributed by atoms with Gasteiger partial charge in [0.2, 0.25) is 0 Å². The molecule has 5 aromatic carbocycles. The van der Waals surface area contributed by atoms with Crippen molar-refractivity contribution in [3.8, 4) is 0 Å². The molecule has 39 heavy (non-hydrogen) atoms. The van der Waals surface area contributed by atoms with Gasteiger partial charge in [-0.05, 0) is 79.6 Å². The van der Waals surface area contributed by atoms with Crippen LogP contribution in [-0.2, 0) is 0 Å². The molecule has 1 aliphatic rings. The lowest BCUT2D eigenvalue weighted by atomic mass is 9.93. The van der Waals surface area contributed by atoms with Gasteiger partial charge in [0.15, 0.2) is 0 Å². The number of para-hydroxylation sites is 4. The molecule has 6 rings (SSSR count). The number of hydrogen-bond acceptors (Lipinski definition) is 3. The largest absolute Gasteiger partial charge is 0.355 e. The molecule has 0 atom stereocenters. The van der Waals surface area contributed by atoms with Crippen molar-refractivity contribution in [2.75, 3.05) is 15.1 Å². The first-order valence-corrected chi connectivity index (χ1v) is 14.1. The Kier molecular flexibility index (Phi) is 7.58. The van der Waals surface area contributed by atoms with Crippen molar-refractivity contribution in [3.63, 3.8) is 0 Å². The van der Waals surface area contributed by atoms with Gasteiger partial charge >= 0.3 is 0 Å². The fourth-order valence-electron chi connectivity index (χ4n) is 5.72. The molecule has 0 heterocycles. The number of nitrogens with one attached hydrogen (secondary N) is 1. The predicted octanol–water partition coefficient (Wildman–Crippen LogP) is 10.4. The van der Waals surface area contributed by atoms with Gasteiger partial charge in [0, 0.05) is 40.2 Å². The Hall–Kier alpha value is -4.50. The molecule has 1 aliphatic carbocycles. The molecule has 0 radical (unpaired) electrons. The molecule has 0 unspecified atom stereocenters. The minimum absolute atomic E-state index is 0.475. The highest BCUT2D eigenvalue weighted by atomic mass is 15.2. The van der Waals surface area contributed by atoms with Crippen molar-refractivity contribution in [1.82, 2.24) is 0 Å². The Morgan fingerprint density at radius 1 is 0.436 bits per heavy atom. The molecular weight excluding hydrogens is 474 g/mol. The molecule has 1 saturated carbocycles. The van der Waals surface area contributed by atoms with Crippen LogP contribution in [0.2, 0.25) is 0 Å². The second-order valence-electron chi connectivity index (χ2n) is 10.2. The Labute approximate surface area is 232 Å². The molecule has 0 saturated heterocycles. The van der Waals surface area contributed by atoms with Crippen molar-refractivity contribution < 1.29 is 0 Å². The van der Waals surface area contributed by atoms with Crippen molar-refractivity contribution in [3.05, 3.63) is 140 Å². The summed E-state index contributed by atoms with van der Waals surface area (Å²) in [4.78, 5) is 4.93. The van der Waals surface area contributed by atoms with E-state index in [9.17, 15) is 0 Å². The molecule has 0 aromatic heterocycles. The molecule has 0 amide bonds. The Morgan fingerprint density at radius 3 is 1.49 bits per heavy atom. The first-order valence-electron chi connectivity index (χ1n) is 14.1. The summed E-state index contributed by atoms with van der Waals surface area (Å²) in [6.07, 6.45) is 6.31. The van der Waals surface area contributed by atoms with Gasteiger partial charge in [0.05, 0.1) is 5.69 Å². The lowest BCUT2D eigenvalue weighted by molar-refractivity contribution is 0.436. The van der Waals surface area contributed by atoms with Crippen LogP contribution in [0.25, 0.3) is 0 Å². The summed E-state index contributed by atoms with van der Waals surface area (Å²) in [6, 6.07) is 50.1. The standard InChI is InChI=1S/C36H35N3/c1-6-16-29(17-7-1)37-30-26-35(38(31-18-8-2-9-19-31)32-20-10-3-11-21-32)28-36(27-30)39(33-22-12-4-13-23-33)34-24-14-5-15-25-34/h1-4,6-13,16-23,26-28,34,37H,5,14-15,24-25H2. The first-order chi connectivity index (χ1) is 19.3. The monoisotopic (exact) mass is 509 g/mol. The van der Waals surface area contributed by atoms with E-state index in [-0.39, 0.29) is 0 Å². The quantitative estimate of drug-likeness (QED) is 0.224. The summed E-state index contributed by atoms with van der Waals surface area (Å²) >= 11 is 0. The lowest BCUT2D eigenvalue weighted by Crippen LogP contribution is -2.33. The number of nitrogens with zero attached hydrogens (tertiary/aromatic N) is 2. The molecule has 0 aliphatic heterocycles. The maximum atomic E-state index is 3.70. The van der Waals surface area contributed by atoms with E-state index in [4.69, 9.17) is 0 Å². The maximum absolute atomic E-state index is 3.70. The predicted molar refractivity (Wildman–Crippen MR) is 166 cm³/mol. The van der Waals surface area contributed by atoms with Crippen LogP contribution in [-0.4, -0.2) is 6.04 Å². The van der Waals surface area contributed by atoms with E-state index < -0.39 is 0 Å². The molecule has 0 spiro atoms. The smallest absolute Gasteiger partial charge is 0.0503 e. The summed E-state index contributed by atoms with van der Waals surface area (Å²) in [6.45, 7) is 0. The Bertz CT molecular complexity index is 1410. The van der Waals surface area contributed by atoms with E-state index in [1.807, 2.05) is 0 Å². The van der Waals surface area contributed by atoms with Crippen LogP contribution >= 0.6 is 0 Å². The molecular formula is C36H35N3. The Balaban J connectivity index is 1.53. The second-order valence-corrected chi connectivity index (χ2v) is 10.2. The molecule has 0 bridgehead atoms. The van der Waals surface area contributed by atoms with Crippen LogP contribution in [0.15, 0.2) is 140 Å². The normalized spacial score (nSPS) is 13.5. The molecule has 1 N–H and O–H groups in total. The van der Waals surface area contributed by atoms with Crippen LogP contribution in [0, 0.1) is 0 Å². The molecule has 194 valence electrons. The average molecular weight is 510 g/mol. The van der Waals surface area contributed by atoms with Gasteiger partial charge in [-0.15, -0.1) is 0 Å². The zero-order chi connectivity index (χ0) is 26.3. The van der Waals surface area contributed by atoms with Crippen LogP contribution < -0.4 is 15.1 Å². The van der Waals surface area contributed by atoms with E-state index in [1.54, 1.807) is 0 Å². The van der Waals surface area contributed by atoms with Gasteiger partial charge in [-0.1, -0.05) is 92.1 Å². The Morgan fingerprint density at radius 2 is 0.923 bits per heavy atom. The van der Waals surface area contributed by atoms with Gasteiger partial charge in [-0.3, -0.25) is 0 Å². The highest BCUT2D eigenvalue weighted by Crippen LogP contribution is 2.42. The van der Waals surface area contributed by atoms with Gasteiger partial charge in [0.1, 0.15) is 0 Å². The maximum Gasteiger partial charge on any atom is 0.0503 e. The van der Waals surface area contributed by atoms with Crippen LogP contribution in [0.4, 0.5) is 39.8 Å². The number of benzene rings is 5. The number of hydrogen-bond donors (Lipinski definition) is 1. The van der Waals surface area contributed by atoms with E-state index in [1.165, 1.54) is 43.5 Å². The van der Waals surface area contributed by atoms with E-state index in [0.717, 1.165) is 28.4 Å². The molecule has 1 fully saturated rings. The van der Waals surface area contributed by atoms with Crippen LogP contribution in [0.5, 0.6) is 0 Å².